The highest BCUT2D eigenvalue weighted by atomic mass is 31.2. The Balaban J connectivity index is 2.10. The van der Waals surface area contributed by atoms with E-state index in [1.54, 1.807) is 0 Å². The normalized spacial score (nSPS) is 12.4. The van der Waals surface area contributed by atoms with Crippen molar-refractivity contribution >= 4 is 29.1 Å². The van der Waals surface area contributed by atoms with Gasteiger partial charge in [0.05, 0.1) is 18.7 Å². The summed E-state index contributed by atoms with van der Waals surface area (Å²) in [6.07, 6.45) is 1.73. The molecule has 0 unspecified atom stereocenters. The highest BCUT2D eigenvalue weighted by molar-refractivity contribution is 7.95. The van der Waals surface area contributed by atoms with Gasteiger partial charge >= 0.3 is 5.97 Å². The maximum Gasteiger partial charge on any atom is 0.308 e. The van der Waals surface area contributed by atoms with Gasteiger partial charge in [-0.1, -0.05) is 61.5 Å². The topological polar surface area (TPSA) is 26.3 Å². The van der Waals surface area contributed by atoms with Crippen LogP contribution in [0.2, 0.25) is 0 Å². The highest BCUT2D eigenvalue weighted by Crippen LogP contribution is 2.56. The summed E-state index contributed by atoms with van der Waals surface area (Å²) in [7, 11) is -1.87. The van der Waals surface area contributed by atoms with E-state index in [0.29, 0.717) is 6.61 Å². The van der Waals surface area contributed by atoms with Crippen LogP contribution in [0.3, 0.4) is 0 Å². The molecule has 0 N–H and O–H groups in total. The Hall–Kier alpha value is -2.44. The van der Waals surface area contributed by atoms with Crippen molar-refractivity contribution in [3.8, 4) is 0 Å². The van der Waals surface area contributed by atoms with Gasteiger partial charge in [-0.15, -0.1) is 0 Å². The Morgan fingerprint density at radius 1 is 0.786 bits per heavy atom. The monoisotopic (exact) mass is 391 g/mol. The minimum Gasteiger partial charge on any atom is -0.466 e. The average Bonchev–Trinajstić information content (AvgIpc) is 2.76. The second-order valence-electron chi connectivity index (χ2n) is 6.98. The molecule has 28 heavy (non-hydrogen) atoms. The first-order valence-electron chi connectivity index (χ1n) is 9.90. The third-order valence-corrected chi connectivity index (χ3v) is 9.65. The van der Waals surface area contributed by atoms with E-state index in [-0.39, 0.29) is 11.9 Å². The van der Waals surface area contributed by atoms with Gasteiger partial charge in [-0.2, -0.15) is 0 Å². The van der Waals surface area contributed by atoms with Crippen LogP contribution in [0.1, 0.15) is 20.3 Å². The Kier molecular flexibility index (Phi) is 7.01. The predicted octanol–water partition coefficient (Wildman–Crippen LogP) is 4.57. The molecule has 0 saturated heterocycles. The molecule has 0 spiro atoms. The van der Waals surface area contributed by atoms with Crippen LogP contribution in [0.15, 0.2) is 91.0 Å². The molecule has 0 aliphatic carbocycles. The molecule has 3 aromatic carbocycles. The van der Waals surface area contributed by atoms with Crippen LogP contribution < -0.4 is 15.9 Å². The zero-order valence-electron chi connectivity index (χ0n) is 16.6. The minimum atomic E-state index is -1.87. The first-order valence-corrected chi connectivity index (χ1v) is 11.9. The summed E-state index contributed by atoms with van der Waals surface area (Å²) in [5.74, 6) is -0.217. The first-order chi connectivity index (χ1) is 13.7. The van der Waals surface area contributed by atoms with Crippen molar-refractivity contribution in [1.82, 2.24) is 0 Å². The Bertz CT molecular complexity index is 766. The van der Waals surface area contributed by atoms with Gasteiger partial charge < -0.3 is 4.74 Å². The van der Waals surface area contributed by atoms with Gasteiger partial charge in [0.25, 0.3) is 0 Å². The summed E-state index contributed by atoms with van der Waals surface area (Å²) in [4.78, 5) is 12.3. The fourth-order valence-electron chi connectivity index (χ4n) is 3.67. The number of rotatable bonds is 8. The van der Waals surface area contributed by atoms with Crippen molar-refractivity contribution in [2.75, 3.05) is 12.8 Å². The van der Waals surface area contributed by atoms with Crippen molar-refractivity contribution in [3.63, 3.8) is 0 Å². The molecule has 2 nitrogen and oxygen atoms in total. The maximum atomic E-state index is 12.3. The van der Waals surface area contributed by atoms with Gasteiger partial charge in [-0.25, -0.2) is 0 Å². The van der Waals surface area contributed by atoms with Gasteiger partial charge in [0.2, 0.25) is 0 Å². The van der Waals surface area contributed by atoms with Gasteiger partial charge in [-0.3, -0.25) is 4.79 Å². The molecule has 0 heterocycles. The van der Waals surface area contributed by atoms with Crippen LogP contribution in [0.5, 0.6) is 0 Å². The van der Waals surface area contributed by atoms with E-state index in [2.05, 4.69) is 91.0 Å². The zero-order chi connectivity index (χ0) is 19.8. The number of carbonyl (C=O) groups is 1. The van der Waals surface area contributed by atoms with Crippen LogP contribution in [-0.4, -0.2) is 18.7 Å². The lowest BCUT2D eigenvalue weighted by Crippen LogP contribution is -2.34. The molecule has 144 valence electrons. The van der Waals surface area contributed by atoms with Gasteiger partial charge in [-0.05, 0) is 49.7 Å². The number of carbonyl (C=O) groups excluding carboxylic acids is 1. The quantitative estimate of drug-likeness (QED) is 0.415. The lowest BCUT2D eigenvalue weighted by atomic mass is 10.1. The standard InChI is InChI=1S/C25H28O2P/c1-3-27-25(26)21(2)19-20-28(22-13-7-4-8-14-22,23-15-9-5-10-16-23)24-17-11-6-12-18-24/h4-18,21H,3,19-20H2,1-2H3/q+1/t21-/m0/s1. The van der Waals surface area contributed by atoms with E-state index in [9.17, 15) is 4.79 Å². The predicted molar refractivity (Wildman–Crippen MR) is 120 cm³/mol. The zero-order valence-corrected chi connectivity index (χ0v) is 17.5. The lowest BCUT2D eigenvalue weighted by molar-refractivity contribution is -0.147. The second kappa shape index (κ2) is 9.66. The fourth-order valence-corrected chi connectivity index (χ4v) is 8.16. The third-order valence-electron chi connectivity index (χ3n) is 5.18. The average molecular weight is 391 g/mol. The van der Waals surface area contributed by atoms with Gasteiger partial charge in [0, 0.05) is 0 Å². The van der Waals surface area contributed by atoms with Crippen LogP contribution in [-0.2, 0) is 9.53 Å². The van der Waals surface area contributed by atoms with E-state index in [4.69, 9.17) is 4.74 Å². The lowest BCUT2D eigenvalue weighted by Gasteiger charge is -2.28. The molecule has 0 bridgehead atoms. The molecule has 1 atom stereocenters. The first kappa shape index (κ1) is 20.3. The minimum absolute atomic E-state index is 0.102. The fraction of sp³-hybridized carbons (Fsp3) is 0.240. The third kappa shape index (κ3) is 4.34. The molecular formula is C25H28O2P+. The summed E-state index contributed by atoms with van der Waals surface area (Å²) in [5, 5.41) is 4.05. The van der Waals surface area contributed by atoms with Crippen LogP contribution >= 0.6 is 7.26 Å². The van der Waals surface area contributed by atoms with Gasteiger partial charge in [0.15, 0.2) is 0 Å². The van der Waals surface area contributed by atoms with E-state index in [1.807, 2.05) is 13.8 Å². The van der Waals surface area contributed by atoms with Crippen LogP contribution in [0.4, 0.5) is 0 Å². The van der Waals surface area contributed by atoms with Crippen molar-refractivity contribution in [1.29, 1.82) is 0 Å². The Labute approximate surface area is 168 Å². The highest BCUT2D eigenvalue weighted by Gasteiger charge is 2.45. The Morgan fingerprint density at radius 3 is 1.54 bits per heavy atom. The summed E-state index contributed by atoms with van der Waals surface area (Å²) in [6.45, 7) is 4.27. The molecule has 0 aromatic heterocycles. The van der Waals surface area contributed by atoms with Crippen molar-refractivity contribution in [2.45, 2.75) is 20.3 Å². The molecule has 0 saturated carbocycles. The largest absolute Gasteiger partial charge is 0.466 e. The van der Waals surface area contributed by atoms with Crippen LogP contribution in [0, 0.1) is 5.92 Å². The molecule has 3 heteroatoms. The van der Waals surface area contributed by atoms with E-state index in [1.165, 1.54) is 15.9 Å². The van der Waals surface area contributed by atoms with Crippen molar-refractivity contribution < 1.29 is 9.53 Å². The summed E-state index contributed by atoms with van der Waals surface area (Å²) >= 11 is 0. The Morgan fingerprint density at radius 2 is 1.18 bits per heavy atom. The maximum absolute atomic E-state index is 12.3. The number of hydrogen-bond donors (Lipinski definition) is 0. The number of hydrogen-bond acceptors (Lipinski definition) is 2. The molecule has 3 rings (SSSR count). The van der Waals surface area contributed by atoms with Crippen molar-refractivity contribution in [2.24, 2.45) is 5.92 Å². The van der Waals surface area contributed by atoms with E-state index >= 15 is 0 Å². The molecule has 0 amide bonds. The van der Waals surface area contributed by atoms with E-state index in [0.717, 1.165) is 12.6 Å². The second-order valence-corrected chi connectivity index (χ2v) is 10.6. The van der Waals surface area contributed by atoms with Crippen molar-refractivity contribution in [3.05, 3.63) is 91.0 Å². The molecule has 3 aromatic rings. The molecule has 0 radical (unpaired) electrons. The number of ether oxygens (including phenoxy) is 1. The molecule has 0 aliphatic rings. The van der Waals surface area contributed by atoms with Gasteiger partial charge in [0.1, 0.15) is 23.2 Å². The summed E-state index contributed by atoms with van der Waals surface area (Å²) in [6, 6.07) is 32.3. The molecule has 0 fully saturated rings. The van der Waals surface area contributed by atoms with E-state index < -0.39 is 7.26 Å². The number of benzene rings is 3. The summed E-state index contributed by atoms with van der Waals surface area (Å²) in [5.41, 5.74) is 0. The smallest absolute Gasteiger partial charge is 0.308 e. The molecular weight excluding hydrogens is 363 g/mol. The SMILES string of the molecule is CCOC(=O)[C@@H](C)CC[P+](c1ccccc1)(c1ccccc1)c1ccccc1. The summed E-state index contributed by atoms with van der Waals surface area (Å²) < 4.78 is 5.26. The van der Waals surface area contributed by atoms with Crippen LogP contribution in [0.25, 0.3) is 0 Å². The number of esters is 1. The molecule has 0 aliphatic heterocycles.